The van der Waals surface area contributed by atoms with Gasteiger partial charge in [0, 0.05) is 6.04 Å². The highest BCUT2D eigenvalue weighted by atomic mass is 16.3. The maximum atomic E-state index is 9.65. The lowest BCUT2D eigenvalue weighted by Gasteiger charge is -2.37. The number of aryl methyl sites for hydroxylation is 1. The van der Waals surface area contributed by atoms with Crippen LogP contribution in [-0.4, -0.2) is 23.1 Å². The standard InChI is InChI=1S/C17H25NO/c19-15-9-10-16-14(13-15)7-6-8-17(16)18-11-4-2-1-3-5-12-18/h9-10,13,17,19H,1-8,11-12H2. The molecule has 0 saturated carbocycles. The van der Waals surface area contributed by atoms with Crippen molar-refractivity contribution in [1.29, 1.82) is 0 Å². The second-order valence-electron chi connectivity index (χ2n) is 6.09. The number of rotatable bonds is 1. The Balaban J connectivity index is 1.81. The zero-order valence-corrected chi connectivity index (χ0v) is 11.8. The molecule has 3 rings (SSSR count). The van der Waals surface area contributed by atoms with E-state index in [9.17, 15) is 5.11 Å². The molecule has 1 atom stereocenters. The smallest absolute Gasteiger partial charge is 0.115 e. The molecule has 1 unspecified atom stereocenters. The topological polar surface area (TPSA) is 23.5 Å². The Kier molecular flexibility index (Phi) is 4.07. The van der Waals surface area contributed by atoms with Crippen molar-refractivity contribution < 1.29 is 5.11 Å². The molecule has 1 fully saturated rings. The molecule has 2 nitrogen and oxygen atoms in total. The maximum absolute atomic E-state index is 9.65. The fourth-order valence-electron chi connectivity index (χ4n) is 3.74. The summed E-state index contributed by atoms with van der Waals surface area (Å²) >= 11 is 0. The summed E-state index contributed by atoms with van der Waals surface area (Å²) in [5.41, 5.74) is 2.85. The fourth-order valence-corrected chi connectivity index (χ4v) is 3.74. The minimum absolute atomic E-state index is 0.423. The molecule has 0 spiro atoms. The van der Waals surface area contributed by atoms with Gasteiger partial charge in [0.15, 0.2) is 0 Å². The molecule has 1 saturated heterocycles. The molecule has 1 N–H and O–H groups in total. The van der Waals surface area contributed by atoms with Gasteiger partial charge in [-0.1, -0.05) is 25.3 Å². The first-order chi connectivity index (χ1) is 9.34. The van der Waals surface area contributed by atoms with Crippen LogP contribution in [0.1, 0.15) is 62.1 Å². The third-order valence-electron chi connectivity index (χ3n) is 4.74. The molecular formula is C17H25NO. The molecule has 0 aromatic heterocycles. The Morgan fingerprint density at radius 2 is 1.68 bits per heavy atom. The lowest BCUT2D eigenvalue weighted by atomic mass is 9.86. The van der Waals surface area contributed by atoms with Crippen LogP contribution >= 0.6 is 0 Å². The minimum atomic E-state index is 0.423. The van der Waals surface area contributed by atoms with E-state index in [1.165, 1.54) is 69.2 Å². The van der Waals surface area contributed by atoms with Crippen molar-refractivity contribution in [2.45, 2.75) is 57.4 Å². The zero-order chi connectivity index (χ0) is 13.1. The number of aromatic hydroxyl groups is 1. The van der Waals surface area contributed by atoms with Gasteiger partial charge >= 0.3 is 0 Å². The van der Waals surface area contributed by atoms with Gasteiger partial charge in [0.2, 0.25) is 0 Å². The van der Waals surface area contributed by atoms with Gasteiger partial charge in [-0.2, -0.15) is 0 Å². The van der Waals surface area contributed by atoms with Gasteiger partial charge in [0.05, 0.1) is 0 Å². The number of phenols is 1. The normalized spacial score (nSPS) is 25.4. The number of fused-ring (bicyclic) bond motifs is 1. The molecule has 0 amide bonds. The number of phenolic OH excluding ortho intramolecular Hbond substituents is 1. The molecule has 19 heavy (non-hydrogen) atoms. The number of hydrogen-bond acceptors (Lipinski definition) is 2. The summed E-state index contributed by atoms with van der Waals surface area (Å²) in [7, 11) is 0. The van der Waals surface area contributed by atoms with Crippen molar-refractivity contribution in [3.63, 3.8) is 0 Å². The lowest BCUT2D eigenvalue weighted by Crippen LogP contribution is -2.33. The largest absolute Gasteiger partial charge is 0.508 e. The monoisotopic (exact) mass is 259 g/mol. The Hall–Kier alpha value is -1.02. The van der Waals surface area contributed by atoms with Crippen molar-refractivity contribution in [1.82, 2.24) is 4.90 Å². The molecule has 0 bridgehead atoms. The van der Waals surface area contributed by atoms with Gasteiger partial charge in [-0.05, 0) is 68.5 Å². The van der Waals surface area contributed by atoms with Gasteiger partial charge < -0.3 is 5.11 Å². The minimum Gasteiger partial charge on any atom is -0.508 e. The summed E-state index contributed by atoms with van der Waals surface area (Å²) < 4.78 is 0. The fraction of sp³-hybridized carbons (Fsp3) is 0.647. The highest BCUT2D eigenvalue weighted by Crippen LogP contribution is 2.36. The molecule has 0 radical (unpaired) electrons. The summed E-state index contributed by atoms with van der Waals surface area (Å²) in [6.45, 7) is 2.51. The predicted molar refractivity (Wildman–Crippen MR) is 78.4 cm³/mol. The summed E-state index contributed by atoms with van der Waals surface area (Å²) in [5.74, 6) is 0.423. The van der Waals surface area contributed by atoms with E-state index < -0.39 is 0 Å². The summed E-state index contributed by atoms with van der Waals surface area (Å²) in [4.78, 5) is 2.70. The first-order valence-electron chi connectivity index (χ1n) is 7.90. The average Bonchev–Trinajstić information content (AvgIpc) is 2.37. The van der Waals surface area contributed by atoms with E-state index in [4.69, 9.17) is 0 Å². The average molecular weight is 259 g/mol. The highest BCUT2D eigenvalue weighted by Gasteiger charge is 2.26. The van der Waals surface area contributed by atoms with Crippen LogP contribution in [0.2, 0.25) is 0 Å². The van der Waals surface area contributed by atoms with E-state index in [-0.39, 0.29) is 0 Å². The third-order valence-corrected chi connectivity index (χ3v) is 4.74. The van der Waals surface area contributed by atoms with E-state index in [0.717, 1.165) is 6.42 Å². The van der Waals surface area contributed by atoms with Crippen LogP contribution in [0.15, 0.2) is 18.2 Å². The number of likely N-dealkylation sites (tertiary alicyclic amines) is 1. The lowest BCUT2D eigenvalue weighted by molar-refractivity contribution is 0.163. The molecule has 1 aromatic carbocycles. The van der Waals surface area contributed by atoms with Crippen molar-refractivity contribution in [3.8, 4) is 5.75 Å². The highest BCUT2D eigenvalue weighted by molar-refractivity contribution is 5.38. The Bertz CT molecular complexity index is 421. The molecule has 104 valence electrons. The van der Waals surface area contributed by atoms with Crippen LogP contribution in [0.5, 0.6) is 5.75 Å². The zero-order valence-electron chi connectivity index (χ0n) is 11.8. The molecule has 1 aromatic rings. The van der Waals surface area contributed by atoms with Crippen molar-refractivity contribution in [3.05, 3.63) is 29.3 Å². The second kappa shape index (κ2) is 5.96. The predicted octanol–water partition coefficient (Wildman–Crippen LogP) is 4.04. The van der Waals surface area contributed by atoms with Crippen LogP contribution < -0.4 is 0 Å². The van der Waals surface area contributed by atoms with Crippen LogP contribution in [0, 0.1) is 0 Å². The summed E-state index contributed by atoms with van der Waals surface area (Å²) in [5, 5.41) is 9.65. The molecule has 1 aliphatic carbocycles. The first kappa shape index (κ1) is 13.0. The molecule has 2 aliphatic rings. The van der Waals surface area contributed by atoms with E-state index in [2.05, 4.69) is 11.0 Å². The quantitative estimate of drug-likeness (QED) is 0.823. The van der Waals surface area contributed by atoms with Gasteiger partial charge in [0.25, 0.3) is 0 Å². The Morgan fingerprint density at radius 3 is 2.47 bits per heavy atom. The van der Waals surface area contributed by atoms with Crippen LogP contribution in [0.25, 0.3) is 0 Å². The summed E-state index contributed by atoms with van der Waals surface area (Å²) in [6.07, 6.45) is 10.6. The molecule has 1 aliphatic heterocycles. The van der Waals surface area contributed by atoms with E-state index in [1.54, 1.807) is 0 Å². The number of hydrogen-bond donors (Lipinski definition) is 1. The second-order valence-corrected chi connectivity index (χ2v) is 6.09. The Labute approximate surface area is 116 Å². The van der Waals surface area contributed by atoms with Gasteiger partial charge in [-0.3, -0.25) is 4.90 Å². The van der Waals surface area contributed by atoms with E-state index in [1.807, 2.05) is 12.1 Å². The molecular weight excluding hydrogens is 234 g/mol. The Morgan fingerprint density at radius 1 is 0.947 bits per heavy atom. The van der Waals surface area contributed by atoms with Gasteiger partial charge in [-0.25, -0.2) is 0 Å². The summed E-state index contributed by atoms with van der Waals surface area (Å²) in [6, 6.07) is 6.60. The van der Waals surface area contributed by atoms with Crippen LogP contribution in [-0.2, 0) is 6.42 Å². The number of nitrogens with zero attached hydrogens (tertiary/aromatic N) is 1. The molecule has 2 heteroatoms. The number of benzene rings is 1. The van der Waals surface area contributed by atoms with E-state index in [0.29, 0.717) is 11.8 Å². The molecule has 1 heterocycles. The van der Waals surface area contributed by atoms with Crippen LogP contribution in [0.3, 0.4) is 0 Å². The van der Waals surface area contributed by atoms with Gasteiger partial charge in [0.1, 0.15) is 5.75 Å². The van der Waals surface area contributed by atoms with Gasteiger partial charge in [-0.15, -0.1) is 0 Å². The van der Waals surface area contributed by atoms with E-state index >= 15 is 0 Å². The first-order valence-corrected chi connectivity index (χ1v) is 7.90. The van der Waals surface area contributed by atoms with Crippen molar-refractivity contribution in [2.24, 2.45) is 0 Å². The maximum Gasteiger partial charge on any atom is 0.115 e. The third kappa shape index (κ3) is 2.94. The van der Waals surface area contributed by atoms with Crippen molar-refractivity contribution in [2.75, 3.05) is 13.1 Å². The van der Waals surface area contributed by atoms with Crippen LogP contribution in [0.4, 0.5) is 0 Å². The van der Waals surface area contributed by atoms with Crippen molar-refractivity contribution >= 4 is 0 Å². The SMILES string of the molecule is Oc1ccc2c(c1)CCCC2N1CCCCCCC1.